The lowest BCUT2D eigenvalue weighted by atomic mass is 10.0. The second kappa shape index (κ2) is 7.31. The number of carbonyl (C=O) groups excluding carboxylic acids is 1. The summed E-state index contributed by atoms with van der Waals surface area (Å²) in [4.78, 5) is 12.0. The Morgan fingerprint density at radius 3 is 2.83 bits per heavy atom. The van der Waals surface area contributed by atoms with Crippen molar-refractivity contribution in [1.29, 1.82) is 0 Å². The Labute approximate surface area is 128 Å². The number of piperidine rings is 1. The first-order valence-electron chi connectivity index (χ1n) is 5.97. The van der Waals surface area contributed by atoms with E-state index in [4.69, 9.17) is 0 Å². The summed E-state index contributed by atoms with van der Waals surface area (Å²) in [6.07, 6.45) is 3.25. The van der Waals surface area contributed by atoms with Crippen LogP contribution in [0.2, 0.25) is 0 Å². The first kappa shape index (κ1) is 15.7. The molecule has 1 fully saturated rings. The second-order valence-corrected chi connectivity index (χ2v) is 5.70. The molecule has 1 aromatic rings. The van der Waals surface area contributed by atoms with Crippen LogP contribution in [-0.4, -0.2) is 18.5 Å². The first-order chi connectivity index (χ1) is 8.16. The van der Waals surface area contributed by atoms with E-state index in [9.17, 15) is 4.79 Å². The van der Waals surface area contributed by atoms with Gasteiger partial charge in [-0.1, -0.05) is 6.42 Å². The fourth-order valence-corrected chi connectivity index (χ4v) is 2.71. The second-order valence-electron chi connectivity index (χ2n) is 4.45. The number of rotatable bonds is 2. The van der Waals surface area contributed by atoms with Gasteiger partial charge in [0.2, 0.25) is 5.91 Å². The number of aryl methyl sites for hydroxylation is 1. The number of carbonyl (C=O) groups is 1. The molecule has 1 aliphatic rings. The number of anilines is 1. The van der Waals surface area contributed by atoms with E-state index < -0.39 is 0 Å². The SMILES string of the molecule is Cc1cc(I)ccc1NC(=O)C1CCCCN1.Cl. The molecule has 5 heteroatoms. The molecule has 1 unspecified atom stereocenters. The Morgan fingerprint density at radius 2 is 2.22 bits per heavy atom. The van der Waals surface area contributed by atoms with Gasteiger partial charge in [0.1, 0.15) is 0 Å². The third-order valence-corrected chi connectivity index (χ3v) is 3.74. The van der Waals surface area contributed by atoms with E-state index in [1.807, 2.05) is 19.1 Å². The molecule has 1 amide bonds. The fourth-order valence-electron chi connectivity index (χ4n) is 2.06. The largest absolute Gasteiger partial charge is 0.324 e. The van der Waals surface area contributed by atoms with Crippen molar-refractivity contribution in [1.82, 2.24) is 5.32 Å². The maximum atomic E-state index is 12.0. The highest BCUT2D eigenvalue weighted by Crippen LogP contribution is 2.18. The van der Waals surface area contributed by atoms with Gasteiger partial charge in [-0.15, -0.1) is 12.4 Å². The molecule has 2 rings (SSSR count). The lowest BCUT2D eigenvalue weighted by molar-refractivity contribution is -0.118. The normalized spacial score (nSPS) is 18.9. The summed E-state index contributed by atoms with van der Waals surface area (Å²) < 4.78 is 1.19. The molecule has 18 heavy (non-hydrogen) atoms. The summed E-state index contributed by atoms with van der Waals surface area (Å²) in [7, 11) is 0. The number of hydrogen-bond acceptors (Lipinski definition) is 2. The van der Waals surface area contributed by atoms with Gasteiger partial charge >= 0.3 is 0 Å². The highest BCUT2D eigenvalue weighted by atomic mass is 127. The van der Waals surface area contributed by atoms with Crippen molar-refractivity contribution in [2.24, 2.45) is 0 Å². The van der Waals surface area contributed by atoms with Crippen LogP contribution in [0.5, 0.6) is 0 Å². The van der Waals surface area contributed by atoms with Gasteiger partial charge in [0.05, 0.1) is 6.04 Å². The lowest BCUT2D eigenvalue weighted by Crippen LogP contribution is -2.43. The lowest BCUT2D eigenvalue weighted by Gasteiger charge is -2.23. The molecule has 100 valence electrons. The molecule has 3 nitrogen and oxygen atoms in total. The van der Waals surface area contributed by atoms with Crippen molar-refractivity contribution in [3.63, 3.8) is 0 Å². The van der Waals surface area contributed by atoms with E-state index in [2.05, 4.69) is 39.3 Å². The zero-order chi connectivity index (χ0) is 12.3. The van der Waals surface area contributed by atoms with E-state index in [-0.39, 0.29) is 24.4 Å². The fraction of sp³-hybridized carbons (Fsp3) is 0.462. The van der Waals surface area contributed by atoms with Crippen LogP contribution in [0, 0.1) is 10.5 Å². The molecule has 1 aliphatic heterocycles. The molecule has 1 atom stereocenters. The molecule has 0 saturated carbocycles. The average molecular weight is 381 g/mol. The van der Waals surface area contributed by atoms with Gasteiger partial charge < -0.3 is 10.6 Å². The summed E-state index contributed by atoms with van der Waals surface area (Å²) in [5.41, 5.74) is 2.03. The molecule has 1 aromatic carbocycles. The molecule has 0 aliphatic carbocycles. The minimum absolute atomic E-state index is 0. The quantitative estimate of drug-likeness (QED) is 0.774. The minimum atomic E-state index is -0.0255. The van der Waals surface area contributed by atoms with Gasteiger partial charge in [-0.05, 0) is 72.7 Å². The minimum Gasteiger partial charge on any atom is -0.324 e. The van der Waals surface area contributed by atoms with E-state index in [1.54, 1.807) is 0 Å². The van der Waals surface area contributed by atoms with Crippen molar-refractivity contribution >= 4 is 46.6 Å². The summed E-state index contributed by atoms with van der Waals surface area (Å²) in [5, 5.41) is 6.26. The molecule has 0 radical (unpaired) electrons. The van der Waals surface area contributed by atoms with Crippen molar-refractivity contribution in [3.8, 4) is 0 Å². The summed E-state index contributed by atoms with van der Waals surface area (Å²) >= 11 is 2.27. The van der Waals surface area contributed by atoms with Crippen LogP contribution in [0.15, 0.2) is 18.2 Å². The highest BCUT2D eigenvalue weighted by molar-refractivity contribution is 14.1. The van der Waals surface area contributed by atoms with E-state index in [0.29, 0.717) is 0 Å². The van der Waals surface area contributed by atoms with Crippen molar-refractivity contribution in [3.05, 3.63) is 27.3 Å². The summed E-state index contributed by atoms with van der Waals surface area (Å²) in [6, 6.07) is 6.03. The zero-order valence-corrected chi connectivity index (χ0v) is 13.3. The van der Waals surface area contributed by atoms with Crippen LogP contribution in [0.3, 0.4) is 0 Å². The zero-order valence-electron chi connectivity index (χ0n) is 10.3. The van der Waals surface area contributed by atoms with Gasteiger partial charge in [0, 0.05) is 9.26 Å². The topological polar surface area (TPSA) is 41.1 Å². The highest BCUT2D eigenvalue weighted by Gasteiger charge is 2.20. The summed E-state index contributed by atoms with van der Waals surface area (Å²) in [6.45, 7) is 2.97. The number of nitrogens with one attached hydrogen (secondary N) is 2. The smallest absolute Gasteiger partial charge is 0.241 e. The molecule has 2 N–H and O–H groups in total. The van der Waals surface area contributed by atoms with Crippen LogP contribution in [0.25, 0.3) is 0 Å². The van der Waals surface area contributed by atoms with Crippen molar-refractivity contribution in [2.45, 2.75) is 32.2 Å². The van der Waals surface area contributed by atoms with Gasteiger partial charge in [-0.3, -0.25) is 4.79 Å². The van der Waals surface area contributed by atoms with Crippen LogP contribution in [0.1, 0.15) is 24.8 Å². The van der Waals surface area contributed by atoms with Crippen LogP contribution < -0.4 is 10.6 Å². The third-order valence-electron chi connectivity index (χ3n) is 3.07. The van der Waals surface area contributed by atoms with Crippen LogP contribution in [0.4, 0.5) is 5.69 Å². The van der Waals surface area contributed by atoms with Crippen molar-refractivity contribution in [2.75, 3.05) is 11.9 Å². The number of benzene rings is 1. The Kier molecular flexibility index (Phi) is 6.38. The number of amides is 1. The standard InChI is InChI=1S/C13H17IN2O.ClH/c1-9-8-10(14)5-6-11(9)16-13(17)12-4-2-3-7-15-12;/h5-6,8,12,15H,2-4,7H2,1H3,(H,16,17);1H. The Bertz CT molecular complexity index is 419. The molecule has 0 bridgehead atoms. The molecule has 1 heterocycles. The predicted molar refractivity (Wildman–Crippen MR) is 85.4 cm³/mol. The van der Waals surface area contributed by atoms with E-state index >= 15 is 0 Å². The Morgan fingerprint density at radius 1 is 1.44 bits per heavy atom. The van der Waals surface area contributed by atoms with Gasteiger partial charge in [0.15, 0.2) is 0 Å². The molecule has 0 aromatic heterocycles. The molecular formula is C13H18ClIN2O. The van der Waals surface area contributed by atoms with Crippen LogP contribution >= 0.6 is 35.0 Å². The van der Waals surface area contributed by atoms with Gasteiger partial charge in [-0.2, -0.15) is 0 Å². The van der Waals surface area contributed by atoms with E-state index in [1.165, 1.54) is 9.99 Å². The summed E-state index contributed by atoms with van der Waals surface area (Å²) in [5.74, 6) is 0.0917. The maximum Gasteiger partial charge on any atom is 0.241 e. The Hall–Kier alpha value is -0.330. The molecular weight excluding hydrogens is 363 g/mol. The van der Waals surface area contributed by atoms with Crippen molar-refractivity contribution < 1.29 is 4.79 Å². The van der Waals surface area contributed by atoms with Gasteiger partial charge in [-0.25, -0.2) is 0 Å². The third kappa shape index (κ3) is 4.10. The Balaban J connectivity index is 0.00000162. The molecule has 1 saturated heterocycles. The molecule has 0 spiro atoms. The van der Waals surface area contributed by atoms with Gasteiger partial charge in [0.25, 0.3) is 0 Å². The number of hydrogen-bond donors (Lipinski definition) is 2. The van der Waals surface area contributed by atoms with Crippen LogP contribution in [-0.2, 0) is 4.79 Å². The monoisotopic (exact) mass is 380 g/mol. The maximum absolute atomic E-state index is 12.0. The first-order valence-corrected chi connectivity index (χ1v) is 7.05. The number of halogens is 2. The predicted octanol–water partition coefficient (Wildman–Crippen LogP) is 3.10. The average Bonchev–Trinajstić information content (AvgIpc) is 2.34. The van der Waals surface area contributed by atoms with E-state index in [0.717, 1.165) is 30.6 Å².